The summed E-state index contributed by atoms with van der Waals surface area (Å²) < 4.78 is 0. The van der Waals surface area contributed by atoms with Gasteiger partial charge in [-0.15, -0.1) is 0 Å². The molecule has 0 aliphatic rings. The van der Waals surface area contributed by atoms with Crippen molar-refractivity contribution < 1.29 is 9.59 Å². The van der Waals surface area contributed by atoms with Crippen molar-refractivity contribution in [3.8, 4) is 0 Å². The molecule has 1 aromatic rings. The largest absolute Gasteiger partial charge is 0.332 e. The van der Waals surface area contributed by atoms with E-state index in [4.69, 9.17) is 23.2 Å². The molecular weight excluding hydrogens is 313 g/mol. The number of carbonyl (C=O) groups excluding carboxylic acids is 2. The predicted molar refractivity (Wildman–Crippen MR) is 85.9 cm³/mol. The number of rotatable bonds is 7. The molecule has 0 saturated carbocycles. The van der Waals surface area contributed by atoms with E-state index in [1.54, 1.807) is 25.2 Å². The summed E-state index contributed by atoms with van der Waals surface area (Å²) in [6.45, 7) is 2.68. The van der Waals surface area contributed by atoms with Crippen LogP contribution >= 0.6 is 23.2 Å². The number of halogens is 2. The molecule has 2 N–H and O–H groups in total. The minimum absolute atomic E-state index is 0.00664. The Hall–Kier alpha value is -1.30. The third kappa shape index (κ3) is 5.91. The Bertz CT molecular complexity index is 509. The Morgan fingerprint density at radius 3 is 2.57 bits per heavy atom. The van der Waals surface area contributed by atoms with E-state index in [1.807, 2.05) is 6.92 Å². The van der Waals surface area contributed by atoms with E-state index in [2.05, 4.69) is 10.6 Å². The molecular formula is C14H19Cl2N3O2. The Morgan fingerprint density at radius 1 is 1.29 bits per heavy atom. The average Bonchev–Trinajstić information content (AvgIpc) is 2.42. The van der Waals surface area contributed by atoms with E-state index in [-0.39, 0.29) is 24.9 Å². The second-order valence-corrected chi connectivity index (χ2v) is 5.36. The first kappa shape index (κ1) is 17.8. The summed E-state index contributed by atoms with van der Waals surface area (Å²) in [6, 6.07) is 4.82. The van der Waals surface area contributed by atoms with Crippen molar-refractivity contribution in [1.29, 1.82) is 0 Å². The lowest BCUT2D eigenvalue weighted by Crippen LogP contribution is -2.42. The van der Waals surface area contributed by atoms with Gasteiger partial charge >= 0.3 is 0 Å². The molecule has 0 aliphatic heterocycles. The molecule has 0 aliphatic carbocycles. The van der Waals surface area contributed by atoms with Crippen molar-refractivity contribution in [3.63, 3.8) is 0 Å². The van der Waals surface area contributed by atoms with Gasteiger partial charge < -0.3 is 15.5 Å². The van der Waals surface area contributed by atoms with Crippen molar-refractivity contribution >= 4 is 40.7 Å². The molecule has 0 radical (unpaired) electrons. The Labute approximate surface area is 134 Å². The van der Waals surface area contributed by atoms with E-state index in [0.717, 1.165) is 6.42 Å². The first-order valence-electron chi connectivity index (χ1n) is 6.65. The molecule has 0 aromatic heterocycles. The minimum Gasteiger partial charge on any atom is -0.332 e. The molecule has 2 amide bonds. The third-order valence-electron chi connectivity index (χ3n) is 2.71. The summed E-state index contributed by atoms with van der Waals surface area (Å²) in [5.41, 5.74) is 0.476. The fraction of sp³-hybridized carbons (Fsp3) is 0.429. The molecule has 7 heteroatoms. The summed E-state index contributed by atoms with van der Waals surface area (Å²) >= 11 is 11.8. The van der Waals surface area contributed by atoms with E-state index in [9.17, 15) is 9.59 Å². The van der Waals surface area contributed by atoms with E-state index >= 15 is 0 Å². The zero-order valence-corrected chi connectivity index (χ0v) is 13.6. The van der Waals surface area contributed by atoms with Crippen molar-refractivity contribution in [2.75, 3.05) is 32.0 Å². The van der Waals surface area contributed by atoms with E-state index in [1.165, 1.54) is 4.90 Å². The molecule has 0 atom stereocenters. The van der Waals surface area contributed by atoms with Crippen LogP contribution in [0.5, 0.6) is 0 Å². The monoisotopic (exact) mass is 331 g/mol. The second-order valence-electron chi connectivity index (χ2n) is 4.52. The molecule has 0 unspecified atom stereocenters. The van der Waals surface area contributed by atoms with Gasteiger partial charge in [-0.2, -0.15) is 0 Å². The average molecular weight is 332 g/mol. The summed E-state index contributed by atoms with van der Waals surface area (Å²) in [5.74, 6) is -0.408. The third-order valence-corrected chi connectivity index (χ3v) is 3.26. The zero-order valence-electron chi connectivity index (χ0n) is 12.1. The molecule has 116 valence electrons. The number of amides is 2. The number of hydrogen-bond donors (Lipinski definition) is 2. The molecule has 0 spiro atoms. The fourth-order valence-electron chi connectivity index (χ4n) is 1.78. The first-order chi connectivity index (χ1) is 9.97. The van der Waals surface area contributed by atoms with Crippen LogP contribution < -0.4 is 10.6 Å². The normalized spacial score (nSPS) is 10.3. The number of hydrogen-bond acceptors (Lipinski definition) is 3. The highest BCUT2D eigenvalue weighted by Crippen LogP contribution is 2.25. The lowest BCUT2D eigenvalue weighted by molar-refractivity contribution is -0.133. The zero-order chi connectivity index (χ0) is 15.8. The van der Waals surface area contributed by atoms with Crippen molar-refractivity contribution in [2.24, 2.45) is 0 Å². The van der Waals surface area contributed by atoms with Crippen LogP contribution in [0, 0.1) is 0 Å². The molecule has 1 rings (SSSR count). The summed E-state index contributed by atoms with van der Waals surface area (Å²) in [4.78, 5) is 25.4. The predicted octanol–water partition coefficient (Wildman–Crippen LogP) is 2.39. The molecule has 0 heterocycles. The van der Waals surface area contributed by atoms with Crippen LogP contribution in [0.1, 0.15) is 13.3 Å². The SMILES string of the molecule is CCCN(CC(=O)Nc1ccc(Cl)cc1Cl)C(=O)CNC. The topological polar surface area (TPSA) is 61.4 Å². The quantitative estimate of drug-likeness (QED) is 0.806. The second kappa shape index (κ2) is 8.87. The summed E-state index contributed by atoms with van der Waals surface area (Å²) in [6.07, 6.45) is 0.782. The van der Waals surface area contributed by atoms with Gasteiger partial charge in [0.25, 0.3) is 0 Å². The standard InChI is InChI=1S/C14H19Cl2N3O2/c1-3-6-19(14(21)8-17-2)9-13(20)18-12-5-4-10(15)7-11(12)16/h4-5,7,17H,3,6,8-9H2,1-2H3,(H,18,20). The van der Waals surface area contributed by atoms with Gasteiger partial charge in [-0.25, -0.2) is 0 Å². The van der Waals surface area contributed by atoms with Crippen LogP contribution in [0.4, 0.5) is 5.69 Å². The molecule has 0 fully saturated rings. The minimum atomic E-state index is -0.294. The fourth-order valence-corrected chi connectivity index (χ4v) is 2.23. The maximum absolute atomic E-state index is 12.0. The number of nitrogens with zero attached hydrogens (tertiary/aromatic N) is 1. The number of nitrogens with one attached hydrogen (secondary N) is 2. The number of anilines is 1. The molecule has 0 saturated heterocycles. The highest BCUT2D eigenvalue weighted by atomic mass is 35.5. The molecule has 1 aromatic carbocycles. The van der Waals surface area contributed by atoms with E-state index in [0.29, 0.717) is 22.3 Å². The highest BCUT2D eigenvalue weighted by molar-refractivity contribution is 6.36. The van der Waals surface area contributed by atoms with Gasteiger partial charge in [-0.3, -0.25) is 9.59 Å². The van der Waals surface area contributed by atoms with Crippen LogP contribution in [0.3, 0.4) is 0 Å². The van der Waals surface area contributed by atoms with Gasteiger partial charge in [0, 0.05) is 11.6 Å². The van der Waals surface area contributed by atoms with Crippen LogP contribution in [0.15, 0.2) is 18.2 Å². The molecule has 0 bridgehead atoms. The maximum atomic E-state index is 12.0. The number of carbonyl (C=O) groups is 2. The van der Waals surface area contributed by atoms with Gasteiger partial charge in [0.1, 0.15) is 0 Å². The van der Waals surface area contributed by atoms with Crippen molar-refractivity contribution in [2.45, 2.75) is 13.3 Å². The van der Waals surface area contributed by atoms with Crippen molar-refractivity contribution in [1.82, 2.24) is 10.2 Å². The highest BCUT2D eigenvalue weighted by Gasteiger charge is 2.16. The molecule has 5 nitrogen and oxygen atoms in total. The summed E-state index contributed by atoms with van der Waals surface area (Å²) in [7, 11) is 1.69. The van der Waals surface area contributed by atoms with Crippen LogP contribution in [0.25, 0.3) is 0 Å². The lowest BCUT2D eigenvalue weighted by atomic mass is 10.3. The van der Waals surface area contributed by atoms with Gasteiger partial charge in [-0.1, -0.05) is 30.1 Å². The summed E-state index contributed by atoms with van der Waals surface area (Å²) in [5, 5.41) is 6.32. The van der Waals surface area contributed by atoms with Crippen LogP contribution in [-0.4, -0.2) is 43.4 Å². The van der Waals surface area contributed by atoms with Gasteiger partial charge in [0.05, 0.1) is 23.8 Å². The van der Waals surface area contributed by atoms with Gasteiger partial charge in [0.15, 0.2) is 0 Å². The van der Waals surface area contributed by atoms with Gasteiger partial charge in [-0.05, 0) is 31.7 Å². The molecule has 21 heavy (non-hydrogen) atoms. The number of benzene rings is 1. The van der Waals surface area contributed by atoms with Gasteiger partial charge in [0.2, 0.25) is 11.8 Å². The smallest absolute Gasteiger partial charge is 0.244 e. The van der Waals surface area contributed by atoms with Crippen molar-refractivity contribution in [3.05, 3.63) is 28.2 Å². The van der Waals surface area contributed by atoms with E-state index < -0.39 is 0 Å². The Morgan fingerprint density at radius 2 is 2.00 bits per heavy atom. The van der Waals surface area contributed by atoms with Crippen LogP contribution in [0.2, 0.25) is 10.0 Å². The Kier molecular flexibility index (Phi) is 7.50. The Balaban J connectivity index is 2.67. The lowest BCUT2D eigenvalue weighted by Gasteiger charge is -2.21. The first-order valence-corrected chi connectivity index (χ1v) is 7.40. The van der Waals surface area contributed by atoms with Crippen LogP contribution in [-0.2, 0) is 9.59 Å². The maximum Gasteiger partial charge on any atom is 0.244 e. The number of likely N-dealkylation sites (N-methyl/N-ethyl adjacent to an activating group) is 1.